The molecule has 2 aromatic carbocycles. The zero-order valence-corrected chi connectivity index (χ0v) is 22.5. The lowest BCUT2D eigenvalue weighted by atomic mass is 10.0. The van der Waals surface area contributed by atoms with Gasteiger partial charge in [0.1, 0.15) is 16.8 Å². The first-order valence-electron chi connectivity index (χ1n) is 12.0. The number of aromatic nitrogens is 2. The van der Waals surface area contributed by atoms with Gasteiger partial charge >= 0.3 is 10.7 Å². The first kappa shape index (κ1) is 25.8. The summed E-state index contributed by atoms with van der Waals surface area (Å²) < 4.78 is 11.7. The number of benzene rings is 2. The van der Waals surface area contributed by atoms with E-state index in [4.69, 9.17) is 9.26 Å². The third-order valence-corrected chi connectivity index (χ3v) is 8.60. The van der Waals surface area contributed by atoms with E-state index in [-0.39, 0.29) is 10.9 Å². The fourth-order valence-corrected chi connectivity index (χ4v) is 6.47. The van der Waals surface area contributed by atoms with E-state index >= 15 is 0 Å². The molecule has 4 aromatic rings. The number of nitriles is 1. The van der Waals surface area contributed by atoms with Crippen LogP contribution < -0.4 is 20.4 Å². The predicted molar refractivity (Wildman–Crippen MR) is 145 cm³/mol. The first-order valence-corrected chi connectivity index (χ1v) is 13.7. The van der Waals surface area contributed by atoms with Gasteiger partial charge in [-0.25, -0.2) is 4.79 Å². The number of hydrogen-bond acceptors (Lipinski definition) is 8. The molecule has 38 heavy (non-hydrogen) atoms. The van der Waals surface area contributed by atoms with Gasteiger partial charge in [-0.1, -0.05) is 30.3 Å². The molecule has 3 heterocycles. The number of methoxy groups -OCH3 is 1. The van der Waals surface area contributed by atoms with Crippen LogP contribution in [-0.4, -0.2) is 35.0 Å². The smallest absolute Gasteiger partial charge is 0.442 e. The molecule has 194 valence electrons. The van der Waals surface area contributed by atoms with Gasteiger partial charge in [-0.05, 0) is 58.3 Å². The number of anilines is 1. The number of thiophene rings is 1. The second-order valence-electron chi connectivity index (χ2n) is 8.83. The lowest BCUT2D eigenvalue weighted by molar-refractivity contribution is -0.704. The highest BCUT2D eigenvalue weighted by Crippen LogP contribution is 2.37. The van der Waals surface area contributed by atoms with E-state index in [9.17, 15) is 14.9 Å². The minimum atomic E-state index is -0.626. The average molecular weight is 549 g/mol. The van der Waals surface area contributed by atoms with Crippen LogP contribution in [0.15, 0.2) is 68.9 Å². The highest BCUT2D eigenvalue weighted by atomic mass is 32.2. The molecule has 9 nitrogen and oxygen atoms in total. The number of nitrogens with zero attached hydrogens (tertiary/aromatic N) is 3. The van der Waals surface area contributed by atoms with Crippen molar-refractivity contribution in [3.63, 3.8) is 0 Å². The van der Waals surface area contributed by atoms with Crippen molar-refractivity contribution in [1.29, 1.82) is 5.26 Å². The average Bonchev–Trinajstić information content (AvgIpc) is 3.47. The van der Waals surface area contributed by atoms with Gasteiger partial charge in [0, 0.05) is 36.6 Å². The number of thioether (sulfide) groups is 1. The molecule has 0 fully saturated rings. The van der Waals surface area contributed by atoms with E-state index in [1.54, 1.807) is 38.3 Å². The van der Waals surface area contributed by atoms with E-state index in [1.807, 2.05) is 18.2 Å². The Morgan fingerprint density at radius 3 is 2.76 bits per heavy atom. The molecule has 0 saturated carbocycles. The number of hydrogen-bond donors (Lipinski definition) is 2. The van der Waals surface area contributed by atoms with Crippen molar-refractivity contribution in [2.45, 2.75) is 36.7 Å². The van der Waals surface area contributed by atoms with E-state index in [1.165, 1.54) is 21.6 Å². The number of fused-ring (bicyclic) bond motifs is 1. The summed E-state index contributed by atoms with van der Waals surface area (Å²) in [7, 11) is 1.58. The van der Waals surface area contributed by atoms with Crippen LogP contribution in [0, 0.1) is 11.3 Å². The number of rotatable bonds is 8. The molecule has 0 bridgehead atoms. The highest BCUT2D eigenvalue weighted by Gasteiger charge is 2.31. The van der Waals surface area contributed by atoms with Gasteiger partial charge in [-0.15, -0.1) is 11.3 Å². The molecule has 0 aliphatic carbocycles. The van der Waals surface area contributed by atoms with Crippen molar-refractivity contribution in [2.24, 2.45) is 0 Å². The Kier molecular flexibility index (Phi) is 7.64. The van der Waals surface area contributed by atoms with Crippen LogP contribution in [0.5, 0.6) is 5.75 Å². The summed E-state index contributed by atoms with van der Waals surface area (Å²) >= 11 is 2.53. The zero-order valence-electron chi connectivity index (χ0n) is 20.9. The Morgan fingerprint density at radius 2 is 2.05 bits per heavy atom. The van der Waals surface area contributed by atoms with E-state index in [2.05, 4.69) is 33.7 Å². The summed E-state index contributed by atoms with van der Waals surface area (Å²) in [6.45, 7) is 4.13. The molecule has 1 unspecified atom stereocenters. The number of ether oxygens (including phenoxy) is 1. The lowest BCUT2D eigenvalue weighted by Crippen LogP contribution is -2.37. The predicted octanol–water partition coefficient (Wildman–Crippen LogP) is 3.86. The quantitative estimate of drug-likeness (QED) is 0.254. The van der Waals surface area contributed by atoms with E-state index in [0.717, 1.165) is 48.3 Å². The summed E-state index contributed by atoms with van der Waals surface area (Å²) in [5.41, 5.74) is 2.87. The van der Waals surface area contributed by atoms with Crippen LogP contribution in [-0.2, 0) is 24.3 Å². The first-order chi connectivity index (χ1) is 18.5. The molecule has 11 heteroatoms. The highest BCUT2D eigenvalue weighted by molar-refractivity contribution is 8.00. The molecule has 1 atom stereocenters. The number of amides is 1. The van der Waals surface area contributed by atoms with Crippen molar-refractivity contribution in [2.75, 3.05) is 19.0 Å². The van der Waals surface area contributed by atoms with Crippen LogP contribution in [0.2, 0.25) is 0 Å². The molecule has 1 aliphatic rings. The van der Waals surface area contributed by atoms with Crippen molar-refractivity contribution in [3.05, 3.63) is 86.6 Å². The summed E-state index contributed by atoms with van der Waals surface area (Å²) in [4.78, 5) is 29.0. The molecule has 5 rings (SSSR count). The monoisotopic (exact) mass is 548 g/mol. The Morgan fingerprint density at radius 1 is 1.29 bits per heavy atom. The molecule has 1 aliphatic heterocycles. The molecule has 2 N–H and O–H groups in total. The van der Waals surface area contributed by atoms with Gasteiger partial charge < -0.3 is 10.1 Å². The zero-order chi connectivity index (χ0) is 26.6. The summed E-state index contributed by atoms with van der Waals surface area (Å²) in [6, 6.07) is 19.7. The normalized spacial score (nSPS) is 13.9. The van der Waals surface area contributed by atoms with Gasteiger partial charge in [-0.2, -0.15) is 5.26 Å². The Labute approximate surface area is 227 Å². The SMILES string of the molecule is COc1ccc(-[n+]2[nH]oc(=O)c2SC(C)C(=O)Nc2sc3c(c2C#N)CCN(Cc2ccccc2)C3)cc1. The van der Waals surface area contributed by atoms with Crippen molar-refractivity contribution < 1.29 is 18.7 Å². The number of nitrogens with one attached hydrogen (secondary N) is 2. The van der Waals surface area contributed by atoms with Gasteiger partial charge in [0.05, 0.1) is 17.9 Å². The van der Waals surface area contributed by atoms with Crippen LogP contribution >= 0.6 is 23.1 Å². The Balaban J connectivity index is 1.29. The van der Waals surface area contributed by atoms with Gasteiger partial charge in [0.2, 0.25) is 11.6 Å². The van der Waals surface area contributed by atoms with Crippen molar-refractivity contribution in [1.82, 2.24) is 10.2 Å². The molecule has 2 aromatic heterocycles. The third-order valence-electron chi connectivity index (χ3n) is 6.33. The fraction of sp³-hybridized carbons (Fsp3) is 0.259. The van der Waals surface area contributed by atoms with Gasteiger partial charge in [-0.3, -0.25) is 14.2 Å². The van der Waals surface area contributed by atoms with E-state index in [0.29, 0.717) is 22.0 Å². The third kappa shape index (κ3) is 5.38. The van der Waals surface area contributed by atoms with Crippen molar-refractivity contribution in [3.8, 4) is 17.5 Å². The fourth-order valence-electron chi connectivity index (χ4n) is 4.34. The van der Waals surface area contributed by atoms with Gasteiger partial charge in [0.25, 0.3) is 0 Å². The molecular weight excluding hydrogens is 522 g/mol. The second-order valence-corrected chi connectivity index (χ2v) is 11.3. The standard InChI is InChI=1S/C27H25N5O4S2/c1-17(37-26-27(34)36-30-32(26)19-8-10-20(35-2)11-9-19)24(33)29-25-22(14-28)21-12-13-31(16-23(21)38-25)15-18-6-4-3-5-7-18/h3-11,17H,12-13,15-16H2,1-2H3,(H-,29,30,33,34)/p+1. The number of carbonyl (C=O) groups is 1. The molecule has 0 spiro atoms. The Hall–Kier alpha value is -3.85. The molecular formula is C27H26N5O4S2+. The second kappa shape index (κ2) is 11.3. The topological polar surface area (TPSA) is 115 Å². The molecule has 0 saturated heterocycles. The lowest BCUT2D eigenvalue weighted by Gasteiger charge is -2.26. The van der Waals surface area contributed by atoms with Crippen LogP contribution in [0.1, 0.15) is 28.5 Å². The summed E-state index contributed by atoms with van der Waals surface area (Å²) in [5, 5.41) is 15.6. The number of aromatic amines is 1. The molecule has 1 amide bonds. The largest absolute Gasteiger partial charge is 0.497 e. The maximum Gasteiger partial charge on any atom is 0.442 e. The Bertz CT molecular complexity index is 1540. The maximum atomic E-state index is 13.2. The molecule has 0 radical (unpaired) electrons. The van der Waals surface area contributed by atoms with Crippen LogP contribution in [0.3, 0.4) is 0 Å². The summed E-state index contributed by atoms with van der Waals surface area (Å²) in [6.07, 6.45) is 0.758. The summed E-state index contributed by atoms with van der Waals surface area (Å²) in [5.74, 6) is 0.380. The van der Waals surface area contributed by atoms with E-state index < -0.39 is 10.9 Å². The van der Waals surface area contributed by atoms with Crippen LogP contribution in [0.25, 0.3) is 5.69 Å². The minimum absolute atomic E-state index is 0.236. The van der Waals surface area contributed by atoms with Crippen molar-refractivity contribution >= 4 is 34.0 Å². The van der Waals surface area contributed by atoms with Gasteiger partial charge in [0.15, 0.2) is 0 Å². The minimum Gasteiger partial charge on any atom is -0.497 e. The number of H-pyrrole nitrogens is 1. The van der Waals surface area contributed by atoms with Crippen LogP contribution in [0.4, 0.5) is 5.00 Å². The number of carbonyl (C=O) groups excluding carboxylic acids is 1. The maximum absolute atomic E-state index is 13.2.